The quantitative estimate of drug-likeness (QED) is 0.422. The Morgan fingerprint density at radius 1 is 1.17 bits per heavy atom. The smallest absolute Gasteiger partial charge is 0.277 e. The molecule has 0 unspecified atom stereocenters. The van der Waals surface area contributed by atoms with Gasteiger partial charge in [0.2, 0.25) is 0 Å². The van der Waals surface area contributed by atoms with Gasteiger partial charge in [-0.1, -0.05) is 23.9 Å². The summed E-state index contributed by atoms with van der Waals surface area (Å²) >= 11 is 0. The van der Waals surface area contributed by atoms with Crippen LogP contribution in [-0.4, -0.2) is 16.1 Å². The SMILES string of the molecule is Cc1ccnc(N=Cc2cc([N+](=O)[O-])c3ccccc3c2[O-])c1. The van der Waals surface area contributed by atoms with E-state index in [9.17, 15) is 15.2 Å². The van der Waals surface area contributed by atoms with Crippen molar-refractivity contribution in [3.05, 3.63) is 69.9 Å². The molecule has 0 aliphatic rings. The minimum atomic E-state index is -0.496. The van der Waals surface area contributed by atoms with Crippen LogP contribution < -0.4 is 5.11 Å². The molecule has 0 atom stereocenters. The van der Waals surface area contributed by atoms with Crippen LogP contribution >= 0.6 is 0 Å². The van der Waals surface area contributed by atoms with Crippen LogP contribution in [-0.2, 0) is 0 Å². The number of hydrogen-bond acceptors (Lipinski definition) is 5. The molecule has 0 aliphatic heterocycles. The first-order valence-corrected chi connectivity index (χ1v) is 6.90. The summed E-state index contributed by atoms with van der Waals surface area (Å²) < 4.78 is 0. The van der Waals surface area contributed by atoms with Gasteiger partial charge in [0.15, 0.2) is 5.82 Å². The number of aromatic nitrogens is 1. The molecule has 3 aromatic rings. The van der Waals surface area contributed by atoms with Gasteiger partial charge in [-0.3, -0.25) is 10.1 Å². The Bertz CT molecular complexity index is 936. The average molecular weight is 306 g/mol. The van der Waals surface area contributed by atoms with E-state index in [1.54, 1.807) is 36.5 Å². The highest BCUT2D eigenvalue weighted by Gasteiger charge is 2.14. The number of hydrogen-bond donors (Lipinski definition) is 0. The maximum absolute atomic E-state index is 12.5. The molecular formula is C17H12N3O3-. The zero-order valence-corrected chi connectivity index (χ0v) is 12.3. The van der Waals surface area contributed by atoms with E-state index in [0.29, 0.717) is 16.6 Å². The van der Waals surface area contributed by atoms with E-state index in [0.717, 1.165) is 5.56 Å². The first-order valence-electron chi connectivity index (χ1n) is 6.90. The molecule has 0 aliphatic carbocycles. The number of fused-ring (bicyclic) bond motifs is 1. The number of aryl methyl sites for hydroxylation is 1. The van der Waals surface area contributed by atoms with Crippen molar-refractivity contribution in [2.75, 3.05) is 0 Å². The summed E-state index contributed by atoms with van der Waals surface area (Å²) in [5.74, 6) is 0.155. The Kier molecular flexibility index (Phi) is 3.72. The predicted octanol–water partition coefficient (Wildman–Crippen LogP) is 3.28. The largest absolute Gasteiger partial charge is 0.872 e. The third-order valence-corrected chi connectivity index (χ3v) is 3.44. The van der Waals surface area contributed by atoms with E-state index in [2.05, 4.69) is 9.98 Å². The number of non-ortho nitro benzene ring substituents is 1. The summed E-state index contributed by atoms with van der Waals surface area (Å²) in [6.07, 6.45) is 2.94. The Morgan fingerprint density at radius 2 is 1.91 bits per heavy atom. The summed E-state index contributed by atoms with van der Waals surface area (Å²) in [7, 11) is 0. The van der Waals surface area contributed by atoms with Crippen LogP contribution in [0.4, 0.5) is 11.5 Å². The maximum Gasteiger partial charge on any atom is 0.277 e. The van der Waals surface area contributed by atoms with Crippen LogP contribution in [0.15, 0.2) is 53.7 Å². The van der Waals surface area contributed by atoms with Gasteiger partial charge in [-0.25, -0.2) is 9.98 Å². The van der Waals surface area contributed by atoms with Crippen molar-refractivity contribution < 1.29 is 10.0 Å². The molecule has 0 N–H and O–H groups in total. The zero-order valence-electron chi connectivity index (χ0n) is 12.3. The Hall–Kier alpha value is -3.28. The maximum atomic E-state index is 12.5. The van der Waals surface area contributed by atoms with Gasteiger partial charge in [0.25, 0.3) is 5.69 Å². The van der Waals surface area contributed by atoms with Gasteiger partial charge in [-0.15, -0.1) is 0 Å². The van der Waals surface area contributed by atoms with Gasteiger partial charge in [-0.2, -0.15) is 0 Å². The number of aliphatic imine (C=N–C) groups is 1. The summed E-state index contributed by atoms with van der Waals surface area (Å²) in [4.78, 5) is 19.0. The molecular weight excluding hydrogens is 294 g/mol. The fourth-order valence-electron chi connectivity index (χ4n) is 2.32. The van der Waals surface area contributed by atoms with Crippen LogP contribution in [0.2, 0.25) is 0 Å². The van der Waals surface area contributed by atoms with Crippen LogP contribution in [0.1, 0.15) is 11.1 Å². The summed E-state index contributed by atoms with van der Waals surface area (Å²) in [6.45, 7) is 1.90. The fourth-order valence-corrected chi connectivity index (χ4v) is 2.32. The summed E-state index contributed by atoms with van der Waals surface area (Å²) in [6, 6.07) is 11.3. The number of nitro groups is 1. The average Bonchev–Trinajstić information content (AvgIpc) is 2.54. The van der Waals surface area contributed by atoms with Gasteiger partial charge < -0.3 is 5.11 Å². The van der Waals surface area contributed by atoms with E-state index in [-0.39, 0.29) is 17.0 Å². The Balaban J connectivity index is 2.14. The van der Waals surface area contributed by atoms with Crippen molar-refractivity contribution in [1.82, 2.24) is 4.98 Å². The molecule has 6 heteroatoms. The summed E-state index contributed by atoms with van der Waals surface area (Å²) in [5, 5.41) is 24.3. The number of nitro benzene ring substituents is 1. The molecule has 2 aromatic carbocycles. The van der Waals surface area contributed by atoms with Gasteiger partial charge >= 0.3 is 0 Å². The van der Waals surface area contributed by atoms with E-state index >= 15 is 0 Å². The van der Waals surface area contributed by atoms with E-state index < -0.39 is 4.92 Å². The molecule has 0 bridgehead atoms. The Morgan fingerprint density at radius 3 is 2.61 bits per heavy atom. The van der Waals surface area contributed by atoms with Crippen molar-refractivity contribution in [3.8, 4) is 5.75 Å². The predicted molar refractivity (Wildman–Crippen MR) is 86.3 cm³/mol. The summed E-state index contributed by atoms with van der Waals surface area (Å²) in [5.41, 5.74) is 1.04. The first kappa shape index (κ1) is 14.6. The molecule has 0 spiro atoms. The van der Waals surface area contributed by atoms with Gasteiger partial charge in [-0.05, 0) is 41.6 Å². The van der Waals surface area contributed by atoms with Crippen LogP contribution in [0.5, 0.6) is 5.75 Å². The third-order valence-electron chi connectivity index (χ3n) is 3.44. The monoisotopic (exact) mass is 306 g/mol. The van der Waals surface area contributed by atoms with E-state index in [4.69, 9.17) is 0 Å². The van der Waals surface area contributed by atoms with Crippen molar-refractivity contribution in [2.45, 2.75) is 6.92 Å². The lowest BCUT2D eigenvalue weighted by Gasteiger charge is -2.14. The number of pyridine rings is 1. The highest BCUT2D eigenvalue weighted by molar-refractivity contribution is 6.02. The second-order valence-corrected chi connectivity index (χ2v) is 5.07. The molecule has 0 saturated carbocycles. The molecule has 0 fully saturated rings. The van der Waals surface area contributed by atoms with E-state index in [1.807, 2.05) is 13.0 Å². The highest BCUT2D eigenvalue weighted by atomic mass is 16.6. The van der Waals surface area contributed by atoms with Gasteiger partial charge in [0.05, 0.1) is 10.3 Å². The van der Waals surface area contributed by atoms with Crippen molar-refractivity contribution in [2.24, 2.45) is 4.99 Å². The molecule has 23 heavy (non-hydrogen) atoms. The minimum absolute atomic E-state index is 0.112. The zero-order chi connectivity index (χ0) is 16.4. The van der Waals surface area contributed by atoms with Gasteiger partial charge in [0.1, 0.15) is 0 Å². The highest BCUT2D eigenvalue weighted by Crippen LogP contribution is 2.33. The van der Waals surface area contributed by atoms with E-state index in [1.165, 1.54) is 12.3 Å². The van der Waals surface area contributed by atoms with Crippen molar-refractivity contribution in [3.63, 3.8) is 0 Å². The molecule has 6 nitrogen and oxygen atoms in total. The lowest BCUT2D eigenvalue weighted by atomic mass is 10.0. The standard InChI is InChI=1S/C17H13N3O3/c1-11-6-7-18-16(8-11)19-10-12-9-15(20(22)23)13-4-2-3-5-14(13)17(12)21/h2-10,21H,1H3/p-1. The molecule has 0 radical (unpaired) electrons. The molecule has 0 saturated heterocycles. The normalized spacial score (nSPS) is 11.2. The number of nitrogens with zero attached hydrogens (tertiary/aromatic N) is 3. The van der Waals surface area contributed by atoms with Crippen LogP contribution in [0, 0.1) is 17.0 Å². The van der Waals surface area contributed by atoms with Crippen molar-refractivity contribution >= 4 is 28.5 Å². The molecule has 1 heterocycles. The number of rotatable bonds is 3. The topological polar surface area (TPSA) is 91.5 Å². The van der Waals surface area contributed by atoms with Crippen LogP contribution in [0.3, 0.4) is 0 Å². The fraction of sp³-hybridized carbons (Fsp3) is 0.0588. The third kappa shape index (κ3) is 2.87. The molecule has 0 amide bonds. The first-order chi connectivity index (χ1) is 11.1. The Labute approximate surface area is 131 Å². The second kappa shape index (κ2) is 5.84. The lowest BCUT2D eigenvalue weighted by Crippen LogP contribution is -2.00. The number of benzene rings is 2. The molecule has 1 aromatic heterocycles. The van der Waals surface area contributed by atoms with Gasteiger partial charge in [0, 0.05) is 18.5 Å². The molecule has 114 valence electrons. The van der Waals surface area contributed by atoms with Crippen molar-refractivity contribution in [1.29, 1.82) is 0 Å². The second-order valence-electron chi connectivity index (χ2n) is 5.07. The molecule has 3 rings (SSSR count). The lowest BCUT2D eigenvalue weighted by molar-refractivity contribution is -0.383. The van der Waals surface area contributed by atoms with Crippen LogP contribution in [0.25, 0.3) is 10.8 Å². The minimum Gasteiger partial charge on any atom is -0.872 e.